The van der Waals surface area contributed by atoms with Crippen LogP contribution in [-0.4, -0.2) is 10.2 Å². The molecule has 0 fully saturated rings. The molecule has 1 aliphatic rings. The van der Waals surface area contributed by atoms with Gasteiger partial charge in [-0.1, -0.05) is 24.3 Å². The molecule has 0 radical (unpaired) electrons. The molecule has 0 bridgehead atoms. The summed E-state index contributed by atoms with van der Waals surface area (Å²) in [6, 6.07) is 12.6. The van der Waals surface area contributed by atoms with Crippen LogP contribution in [0, 0.1) is 0 Å². The first-order valence-corrected chi connectivity index (χ1v) is 5.71. The first-order valence-electron chi connectivity index (χ1n) is 5.71. The number of phenols is 2. The van der Waals surface area contributed by atoms with E-state index in [-0.39, 0.29) is 11.5 Å². The Labute approximate surface area is 105 Å². The molecule has 18 heavy (non-hydrogen) atoms. The molecule has 0 unspecified atom stereocenters. The highest BCUT2D eigenvalue weighted by Gasteiger charge is 2.16. The zero-order valence-electron chi connectivity index (χ0n) is 9.63. The fourth-order valence-corrected chi connectivity index (χ4v) is 2.01. The van der Waals surface area contributed by atoms with Crippen LogP contribution in [-0.2, 0) is 6.42 Å². The maximum absolute atomic E-state index is 9.43. The lowest BCUT2D eigenvalue weighted by Gasteiger charge is -2.01. The summed E-state index contributed by atoms with van der Waals surface area (Å²) < 4.78 is 5.70. The van der Waals surface area contributed by atoms with Gasteiger partial charge in [0, 0.05) is 12.0 Å². The van der Waals surface area contributed by atoms with Gasteiger partial charge in [-0.2, -0.15) is 0 Å². The Morgan fingerprint density at radius 2 is 1.83 bits per heavy atom. The summed E-state index contributed by atoms with van der Waals surface area (Å²) in [6.45, 7) is 0. The zero-order chi connectivity index (χ0) is 12.5. The van der Waals surface area contributed by atoms with Crippen molar-refractivity contribution < 1.29 is 14.9 Å². The number of aromatic hydroxyl groups is 2. The van der Waals surface area contributed by atoms with E-state index in [2.05, 4.69) is 0 Å². The average Bonchev–Trinajstić information content (AvgIpc) is 2.76. The first-order chi connectivity index (χ1) is 8.72. The number of para-hydroxylation sites is 1. The Hall–Kier alpha value is -2.42. The van der Waals surface area contributed by atoms with Crippen molar-refractivity contribution in [3.63, 3.8) is 0 Å². The molecular formula is C15H12O3. The van der Waals surface area contributed by atoms with Crippen LogP contribution in [0.4, 0.5) is 0 Å². The third-order valence-corrected chi connectivity index (χ3v) is 2.91. The molecule has 0 amide bonds. The van der Waals surface area contributed by atoms with Gasteiger partial charge < -0.3 is 14.9 Å². The third-order valence-electron chi connectivity index (χ3n) is 2.91. The van der Waals surface area contributed by atoms with Gasteiger partial charge in [-0.05, 0) is 29.8 Å². The second-order valence-corrected chi connectivity index (χ2v) is 4.25. The van der Waals surface area contributed by atoms with Crippen LogP contribution in [0.5, 0.6) is 17.2 Å². The van der Waals surface area contributed by atoms with Crippen LogP contribution in [0.15, 0.2) is 48.2 Å². The standard InChI is InChI=1S/C15H12O3/c16-13-6-5-10(8-14(13)17)7-12-9-11-3-1-2-4-15(11)18-12/h1-8,16-17H,9H2. The van der Waals surface area contributed by atoms with Crippen LogP contribution in [0.1, 0.15) is 11.1 Å². The van der Waals surface area contributed by atoms with Gasteiger partial charge in [0.2, 0.25) is 0 Å². The van der Waals surface area contributed by atoms with E-state index in [0.717, 1.165) is 29.1 Å². The van der Waals surface area contributed by atoms with E-state index in [0.29, 0.717) is 0 Å². The van der Waals surface area contributed by atoms with E-state index in [1.54, 1.807) is 6.07 Å². The molecule has 0 spiro atoms. The van der Waals surface area contributed by atoms with Crippen LogP contribution >= 0.6 is 0 Å². The Kier molecular flexibility index (Phi) is 2.45. The molecule has 2 aromatic rings. The lowest BCUT2D eigenvalue weighted by Crippen LogP contribution is -1.87. The largest absolute Gasteiger partial charge is 0.504 e. The second kappa shape index (κ2) is 4.11. The predicted octanol–water partition coefficient (Wildman–Crippen LogP) is 3.07. The summed E-state index contributed by atoms with van der Waals surface area (Å²) in [7, 11) is 0. The Morgan fingerprint density at radius 1 is 1.00 bits per heavy atom. The molecular weight excluding hydrogens is 228 g/mol. The summed E-state index contributed by atoms with van der Waals surface area (Å²) in [5.74, 6) is 1.47. The molecule has 3 rings (SSSR count). The van der Waals surface area contributed by atoms with Crippen molar-refractivity contribution in [1.82, 2.24) is 0 Å². The molecule has 2 aromatic carbocycles. The van der Waals surface area contributed by atoms with E-state index in [9.17, 15) is 10.2 Å². The van der Waals surface area contributed by atoms with Crippen LogP contribution in [0.25, 0.3) is 6.08 Å². The lowest BCUT2D eigenvalue weighted by atomic mass is 10.1. The second-order valence-electron chi connectivity index (χ2n) is 4.25. The highest BCUT2D eigenvalue weighted by Crippen LogP contribution is 2.32. The van der Waals surface area contributed by atoms with Crippen LogP contribution < -0.4 is 4.74 Å². The molecule has 0 aliphatic carbocycles. The smallest absolute Gasteiger partial charge is 0.157 e. The fraction of sp³-hybridized carbons (Fsp3) is 0.0667. The Morgan fingerprint density at radius 3 is 2.61 bits per heavy atom. The fourth-order valence-electron chi connectivity index (χ4n) is 2.01. The highest BCUT2D eigenvalue weighted by atomic mass is 16.5. The van der Waals surface area contributed by atoms with Crippen molar-refractivity contribution >= 4 is 6.08 Å². The normalized spacial score (nSPS) is 15.4. The molecule has 0 saturated carbocycles. The summed E-state index contributed by atoms with van der Waals surface area (Å²) in [5, 5.41) is 18.7. The molecule has 3 nitrogen and oxygen atoms in total. The van der Waals surface area contributed by atoms with Crippen molar-refractivity contribution in [2.24, 2.45) is 0 Å². The summed E-state index contributed by atoms with van der Waals surface area (Å²) in [5.41, 5.74) is 1.96. The first kappa shape index (κ1) is 10.7. The van der Waals surface area contributed by atoms with Gasteiger partial charge in [0.25, 0.3) is 0 Å². The van der Waals surface area contributed by atoms with E-state index in [1.807, 2.05) is 30.3 Å². The maximum atomic E-state index is 9.43. The van der Waals surface area contributed by atoms with Crippen molar-refractivity contribution in [2.45, 2.75) is 6.42 Å². The quantitative estimate of drug-likeness (QED) is 0.753. The van der Waals surface area contributed by atoms with Crippen molar-refractivity contribution in [2.75, 3.05) is 0 Å². The van der Waals surface area contributed by atoms with Gasteiger partial charge in [0.05, 0.1) is 0 Å². The average molecular weight is 240 g/mol. The number of phenolic OH excluding ortho intramolecular Hbond substituents is 2. The number of fused-ring (bicyclic) bond motifs is 1. The number of hydrogen-bond donors (Lipinski definition) is 2. The molecule has 0 aromatic heterocycles. The van der Waals surface area contributed by atoms with Gasteiger partial charge in [-0.3, -0.25) is 0 Å². The summed E-state index contributed by atoms with van der Waals surface area (Å²) in [4.78, 5) is 0. The van der Waals surface area contributed by atoms with Gasteiger partial charge in [-0.15, -0.1) is 0 Å². The minimum Gasteiger partial charge on any atom is -0.504 e. The number of benzene rings is 2. The molecule has 0 saturated heterocycles. The third kappa shape index (κ3) is 1.91. The summed E-state index contributed by atoms with van der Waals surface area (Å²) >= 11 is 0. The van der Waals surface area contributed by atoms with Crippen molar-refractivity contribution in [3.8, 4) is 17.2 Å². The lowest BCUT2D eigenvalue weighted by molar-refractivity contribution is 0.403. The predicted molar refractivity (Wildman–Crippen MR) is 68.5 cm³/mol. The monoisotopic (exact) mass is 240 g/mol. The van der Waals surface area contributed by atoms with Gasteiger partial charge in [0.1, 0.15) is 11.5 Å². The van der Waals surface area contributed by atoms with Crippen LogP contribution in [0.3, 0.4) is 0 Å². The maximum Gasteiger partial charge on any atom is 0.157 e. The highest BCUT2D eigenvalue weighted by molar-refractivity contribution is 5.59. The Balaban J connectivity index is 1.89. The molecule has 1 aliphatic heterocycles. The molecule has 1 heterocycles. The summed E-state index contributed by atoms with van der Waals surface area (Å²) in [6.07, 6.45) is 2.61. The zero-order valence-corrected chi connectivity index (χ0v) is 9.63. The number of hydrogen-bond acceptors (Lipinski definition) is 3. The molecule has 3 heteroatoms. The van der Waals surface area contributed by atoms with Gasteiger partial charge >= 0.3 is 0 Å². The van der Waals surface area contributed by atoms with Crippen LogP contribution in [0.2, 0.25) is 0 Å². The van der Waals surface area contributed by atoms with Crippen molar-refractivity contribution in [1.29, 1.82) is 0 Å². The topological polar surface area (TPSA) is 49.7 Å². The molecule has 90 valence electrons. The Bertz CT molecular complexity index is 602. The van der Waals surface area contributed by atoms with E-state index >= 15 is 0 Å². The van der Waals surface area contributed by atoms with Crippen molar-refractivity contribution in [3.05, 3.63) is 59.4 Å². The SMILES string of the molecule is Oc1ccc(C=C2Cc3ccccc3O2)cc1O. The van der Waals surface area contributed by atoms with Gasteiger partial charge in [-0.25, -0.2) is 0 Å². The molecule has 0 atom stereocenters. The van der Waals surface area contributed by atoms with E-state index < -0.39 is 0 Å². The van der Waals surface area contributed by atoms with Gasteiger partial charge in [0.15, 0.2) is 11.5 Å². The minimum absolute atomic E-state index is 0.118. The minimum atomic E-state index is -0.125. The molecule has 2 N–H and O–H groups in total. The van der Waals surface area contributed by atoms with E-state index in [4.69, 9.17) is 4.74 Å². The number of allylic oxidation sites excluding steroid dienone is 1. The van der Waals surface area contributed by atoms with E-state index in [1.165, 1.54) is 12.1 Å². The number of ether oxygens (including phenoxy) is 1. The number of rotatable bonds is 1.